The Balaban J connectivity index is 1.40. The number of nitrogens with zero attached hydrogens (tertiary/aromatic N) is 2. The number of aryl methyl sites for hydroxylation is 1. The summed E-state index contributed by atoms with van der Waals surface area (Å²) in [6.07, 6.45) is 5.51. The van der Waals surface area contributed by atoms with Gasteiger partial charge in [-0.3, -0.25) is 14.7 Å². The summed E-state index contributed by atoms with van der Waals surface area (Å²) in [6.45, 7) is 5.85. The van der Waals surface area contributed by atoms with Crippen molar-refractivity contribution in [3.8, 4) is 11.1 Å². The first-order valence-electron chi connectivity index (χ1n) is 11.4. The van der Waals surface area contributed by atoms with Crippen LogP contribution < -0.4 is 10.6 Å². The third-order valence-electron chi connectivity index (χ3n) is 6.35. The van der Waals surface area contributed by atoms with E-state index in [0.29, 0.717) is 11.1 Å². The quantitative estimate of drug-likeness (QED) is 0.540. The maximum atomic E-state index is 12.9. The van der Waals surface area contributed by atoms with Crippen molar-refractivity contribution in [3.05, 3.63) is 77.1 Å². The Morgan fingerprint density at radius 2 is 1.88 bits per heavy atom. The van der Waals surface area contributed by atoms with Gasteiger partial charge in [0.2, 0.25) is 0 Å². The zero-order chi connectivity index (χ0) is 23.4. The lowest BCUT2D eigenvalue weighted by atomic mass is 10.00. The lowest BCUT2D eigenvalue weighted by molar-refractivity contribution is 0.0915. The lowest BCUT2D eigenvalue weighted by Gasteiger charge is -2.29. The monoisotopic (exact) mass is 445 g/mol. The van der Waals surface area contributed by atoms with E-state index >= 15 is 0 Å². The molecule has 172 valence electrons. The van der Waals surface area contributed by atoms with Crippen molar-refractivity contribution in [2.24, 2.45) is 0 Å². The first kappa shape index (κ1) is 22.7. The molecule has 1 saturated heterocycles. The third kappa shape index (κ3) is 5.49. The summed E-state index contributed by atoms with van der Waals surface area (Å²) in [5.41, 5.74) is 5.03. The third-order valence-corrected chi connectivity index (χ3v) is 6.35. The smallest absolute Gasteiger partial charge is 0.252 e. The second kappa shape index (κ2) is 10.0. The number of piperidine rings is 1. The lowest BCUT2D eigenvalue weighted by Crippen LogP contribution is -2.43. The molecule has 0 saturated carbocycles. The molecule has 0 spiro atoms. The Bertz CT molecular complexity index is 1120. The number of hydrogen-bond donors (Lipinski definition) is 3. The molecule has 3 aromatic rings. The van der Waals surface area contributed by atoms with Crippen molar-refractivity contribution in [2.45, 2.75) is 38.8 Å². The topological polar surface area (TPSA) is 90.1 Å². The SMILES string of the molecule is Cc1cc(-c2cn[nH]c2)ccc1C(=O)N[C@H](C)c1cccc(C(=O)NC2CCN(C)CC2)c1. The molecule has 2 amide bonds. The molecule has 0 radical (unpaired) electrons. The van der Waals surface area contributed by atoms with E-state index in [4.69, 9.17) is 0 Å². The minimum Gasteiger partial charge on any atom is -0.349 e. The summed E-state index contributed by atoms with van der Waals surface area (Å²) in [6, 6.07) is 13.2. The van der Waals surface area contributed by atoms with E-state index in [1.54, 1.807) is 6.20 Å². The average Bonchev–Trinajstić information content (AvgIpc) is 3.35. The van der Waals surface area contributed by atoms with Gasteiger partial charge in [0.05, 0.1) is 12.2 Å². The van der Waals surface area contributed by atoms with Crippen LogP contribution in [0.15, 0.2) is 54.9 Å². The van der Waals surface area contributed by atoms with Gasteiger partial charge in [-0.1, -0.05) is 24.3 Å². The molecular weight excluding hydrogens is 414 g/mol. The van der Waals surface area contributed by atoms with Gasteiger partial charge < -0.3 is 15.5 Å². The van der Waals surface area contributed by atoms with Crippen molar-refractivity contribution in [1.29, 1.82) is 0 Å². The number of H-pyrrole nitrogens is 1. The maximum absolute atomic E-state index is 12.9. The van der Waals surface area contributed by atoms with Gasteiger partial charge in [0.1, 0.15) is 0 Å². The van der Waals surface area contributed by atoms with E-state index in [1.807, 2.05) is 62.5 Å². The molecule has 2 heterocycles. The summed E-state index contributed by atoms with van der Waals surface area (Å²) < 4.78 is 0. The second-order valence-corrected chi connectivity index (χ2v) is 8.89. The average molecular weight is 446 g/mol. The molecule has 4 rings (SSSR count). The van der Waals surface area contributed by atoms with Crippen LogP contribution in [0.4, 0.5) is 0 Å². The predicted molar refractivity (Wildman–Crippen MR) is 129 cm³/mol. The van der Waals surface area contributed by atoms with Crippen molar-refractivity contribution in [1.82, 2.24) is 25.7 Å². The number of likely N-dealkylation sites (tertiary alicyclic amines) is 1. The van der Waals surface area contributed by atoms with Crippen LogP contribution in [0.3, 0.4) is 0 Å². The summed E-state index contributed by atoms with van der Waals surface area (Å²) in [5.74, 6) is -0.199. The molecule has 1 aliphatic heterocycles. The normalized spacial score (nSPS) is 15.7. The van der Waals surface area contributed by atoms with Gasteiger partial charge in [-0.25, -0.2) is 0 Å². The number of aromatic nitrogens is 2. The number of amides is 2. The molecule has 0 bridgehead atoms. The van der Waals surface area contributed by atoms with E-state index in [9.17, 15) is 9.59 Å². The second-order valence-electron chi connectivity index (χ2n) is 8.89. The van der Waals surface area contributed by atoms with Crippen LogP contribution in [0.25, 0.3) is 11.1 Å². The minimum atomic E-state index is -0.235. The molecular formula is C26H31N5O2. The fourth-order valence-corrected chi connectivity index (χ4v) is 4.24. The van der Waals surface area contributed by atoms with E-state index in [0.717, 1.165) is 48.2 Å². The van der Waals surface area contributed by atoms with Crippen LogP contribution in [-0.4, -0.2) is 53.1 Å². The Morgan fingerprint density at radius 1 is 1.09 bits per heavy atom. The van der Waals surface area contributed by atoms with Crippen molar-refractivity contribution < 1.29 is 9.59 Å². The zero-order valence-corrected chi connectivity index (χ0v) is 19.4. The summed E-state index contributed by atoms with van der Waals surface area (Å²) >= 11 is 0. The standard InChI is InChI=1S/C26H31N5O2/c1-17-13-20(22-15-27-28-16-22)7-8-24(17)26(33)29-18(2)19-5-4-6-21(14-19)25(32)30-23-9-11-31(3)12-10-23/h4-8,13-16,18,23H,9-12H2,1-3H3,(H,27,28)(H,29,33)(H,30,32)/t18-/m1/s1. The highest BCUT2D eigenvalue weighted by atomic mass is 16.2. The van der Waals surface area contributed by atoms with Gasteiger partial charge in [-0.05, 0) is 81.7 Å². The van der Waals surface area contributed by atoms with E-state index in [-0.39, 0.29) is 23.9 Å². The molecule has 1 fully saturated rings. The molecule has 1 atom stereocenters. The fourth-order valence-electron chi connectivity index (χ4n) is 4.24. The first-order valence-corrected chi connectivity index (χ1v) is 11.4. The molecule has 7 heteroatoms. The molecule has 7 nitrogen and oxygen atoms in total. The van der Waals surface area contributed by atoms with Gasteiger partial charge in [-0.15, -0.1) is 0 Å². The molecule has 3 N–H and O–H groups in total. The largest absolute Gasteiger partial charge is 0.349 e. The Kier molecular flexibility index (Phi) is 6.89. The van der Waals surface area contributed by atoms with Gasteiger partial charge >= 0.3 is 0 Å². The molecule has 1 aromatic heterocycles. The Morgan fingerprint density at radius 3 is 2.58 bits per heavy atom. The highest BCUT2D eigenvalue weighted by Crippen LogP contribution is 2.22. The van der Waals surface area contributed by atoms with Gasteiger partial charge in [0.25, 0.3) is 11.8 Å². The van der Waals surface area contributed by atoms with Crippen LogP contribution in [0.5, 0.6) is 0 Å². The van der Waals surface area contributed by atoms with Gasteiger partial charge in [-0.2, -0.15) is 5.10 Å². The van der Waals surface area contributed by atoms with Crippen LogP contribution in [0, 0.1) is 6.92 Å². The van der Waals surface area contributed by atoms with Crippen LogP contribution in [-0.2, 0) is 0 Å². The number of benzene rings is 2. The Labute approximate surface area is 194 Å². The number of carbonyl (C=O) groups excluding carboxylic acids is 2. The number of carbonyl (C=O) groups is 2. The number of hydrogen-bond acceptors (Lipinski definition) is 4. The van der Waals surface area contributed by atoms with Crippen LogP contribution in [0.1, 0.15) is 57.7 Å². The van der Waals surface area contributed by atoms with E-state index < -0.39 is 0 Å². The molecule has 1 aliphatic rings. The van der Waals surface area contributed by atoms with E-state index in [2.05, 4.69) is 32.8 Å². The summed E-state index contributed by atoms with van der Waals surface area (Å²) in [7, 11) is 2.10. The summed E-state index contributed by atoms with van der Waals surface area (Å²) in [5, 5.41) is 13.0. The highest BCUT2D eigenvalue weighted by molar-refractivity contribution is 5.97. The first-order chi connectivity index (χ1) is 15.9. The van der Waals surface area contributed by atoms with Crippen LogP contribution >= 0.6 is 0 Å². The molecule has 0 unspecified atom stereocenters. The number of nitrogens with one attached hydrogen (secondary N) is 3. The predicted octanol–water partition coefficient (Wildman–Crippen LogP) is 3.70. The highest BCUT2D eigenvalue weighted by Gasteiger charge is 2.20. The van der Waals surface area contributed by atoms with Crippen LogP contribution in [0.2, 0.25) is 0 Å². The Hall–Kier alpha value is -3.45. The number of rotatable bonds is 6. The fraction of sp³-hybridized carbons (Fsp3) is 0.346. The summed E-state index contributed by atoms with van der Waals surface area (Å²) in [4.78, 5) is 28.0. The maximum Gasteiger partial charge on any atom is 0.252 e. The molecule has 33 heavy (non-hydrogen) atoms. The van der Waals surface area contributed by atoms with Crippen molar-refractivity contribution in [2.75, 3.05) is 20.1 Å². The molecule has 0 aliphatic carbocycles. The zero-order valence-electron chi connectivity index (χ0n) is 19.4. The van der Waals surface area contributed by atoms with Gasteiger partial charge in [0, 0.05) is 28.9 Å². The molecule has 2 aromatic carbocycles. The number of aromatic amines is 1. The van der Waals surface area contributed by atoms with Crippen molar-refractivity contribution in [3.63, 3.8) is 0 Å². The van der Waals surface area contributed by atoms with E-state index in [1.165, 1.54) is 0 Å². The van der Waals surface area contributed by atoms with Crippen molar-refractivity contribution >= 4 is 11.8 Å². The minimum absolute atomic E-state index is 0.0596. The van der Waals surface area contributed by atoms with Gasteiger partial charge in [0.15, 0.2) is 0 Å².